The van der Waals surface area contributed by atoms with Gasteiger partial charge < -0.3 is 51.4 Å². The summed E-state index contributed by atoms with van der Waals surface area (Å²) >= 11 is 0. The van der Waals surface area contributed by atoms with E-state index in [1.54, 1.807) is 48.5 Å². The lowest BCUT2D eigenvalue weighted by atomic mass is 10.2. The van der Waals surface area contributed by atoms with Gasteiger partial charge in [-0.1, -0.05) is 24.3 Å². The van der Waals surface area contributed by atoms with Crippen molar-refractivity contribution in [3.63, 3.8) is 0 Å². The first-order valence-corrected chi connectivity index (χ1v) is 17.0. The summed E-state index contributed by atoms with van der Waals surface area (Å²) in [6.07, 6.45) is 3.67. The van der Waals surface area contributed by atoms with Crippen molar-refractivity contribution in [2.45, 2.75) is 6.54 Å². The van der Waals surface area contributed by atoms with E-state index in [-0.39, 0.29) is 31.5 Å². The van der Waals surface area contributed by atoms with Gasteiger partial charge in [0.05, 0.1) is 24.6 Å². The van der Waals surface area contributed by atoms with Crippen LogP contribution in [0, 0.1) is 0 Å². The van der Waals surface area contributed by atoms with E-state index in [1.165, 1.54) is 12.1 Å². The van der Waals surface area contributed by atoms with Crippen LogP contribution in [-0.4, -0.2) is 86.8 Å². The van der Waals surface area contributed by atoms with Crippen LogP contribution in [0.2, 0.25) is 0 Å². The number of hydrogen-bond acceptors (Lipinski definition) is 13. The van der Waals surface area contributed by atoms with Crippen molar-refractivity contribution < 1.29 is 51.1 Å². The van der Waals surface area contributed by atoms with Crippen molar-refractivity contribution in [2.75, 3.05) is 31.2 Å². The molecule has 208 valence electrons. The molecular formula is C22H29N4O10Si3+. The Morgan fingerprint density at radius 1 is 0.744 bits per heavy atom. The fraction of sp³-hybridized carbons (Fsp3) is 0.227. The third-order valence-electron chi connectivity index (χ3n) is 5.64. The molecule has 1 saturated heterocycles. The van der Waals surface area contributed by atoms with Crippen molar-refractivity contribution in [3.05, 3.63) is 78.6 Å². The van der Waals surface area contributed by atoms with E-state index in [1.807, 2.05) is 21.9 Å². The number of anilines is 1. The molecule has 7 N–H and O–H groups in total. The average Bonchev–Trinajstić information content (AvgIpc) is 2.86. The molecule has 0 spiro atoms. The molecule has 0 aliphatic carbocycles. The van der Waals surface area contributed by atoms with Crippen molar-refractivity contribution in [1.29, 1.82) is 0 Å². The van der Waals surface area contributed by atoms with Crippen LogP contribution in [0.1, 0.15) is 5.56 Å². The van der Waals surface area contributed by atoms with Crippen molar-refractivity contribution in [1.82, 2.24) is 0 Å². The highest BCUT2D eigenvalue weighted by atomic mass is 28.5. The lowest BCUT2D eigenvalue weighted by Gasteiger charge is -2.30. The van der Waals surface area contributed by atoms with Gasteiger partial charge in [-0.3, -0.25) is 0 Å². The molecule has 2 aromatic carbocycles. The molecule has 0 bridgehead atoms. The minimum atomic E-state index is -4.72. The third-order valence-corrected chi connectivity index (χ3v) is 10.0. The second kappa shape index (κ2) is 12.2. The minimum absolute atomic E-state index is 0.110. The molecule has 4 rings (SSSR count). The van der Waals surface area contributed by atoms with Gasteiger partial charge in [0.15, 0.2) is 18.9 Å². The molecule has 3 aromatic rings. The molecule has 0 amide bonds. The van der Waals surface area contributed by atoms with Gasteiger partial charge in [0, 0.05) is 41.7 Å². The van der Waals surface area contributed by atoms with Crippen LogP contribution >= 0.6 is 0 Å². The third kappa shape index (κ3) is 8.87. The monoisotopic (exact) mass is 593 g/mol. The summed E-state index contributed by atoms with van der Waals surface area (Å²) in [5, 5.41) is 8.62. The Balaban J connectivity index is 1.34. The lowest BCUT2D eigenvalue weighted by Crippen LogP contribution is -2.58. The smallest absolute Gasteiger partial charge is 0.386 e. The maximum atomic E-state index is 9.71. The number of rotatable bonds is 6. The predicted octanol–water partition coefficient (Wildman–Crippen LogP) is -1.73. The summed E-state index contributed by atoms with van der Waals surface area (Å²) in [5.41, 5.74) is 2.91. The number of pyridine rings is 1. The number of hydrogen-bond donors (Lipinski definition) is 7. The summed E-state index contributed by atoms with van der Waals surface area (Å²) in [7, 11) is -13.7. The van der Waals surface area contributed by atoms with E-state index < -0.39 is 26.9 Å². The molecule has 0 unspecified atom stereocenters. The zero-order valence-corrected chi connectivity index (χ0v) is 23.6. The summed E-state index contributed by atoms with van der Waals surface area (Å²) in [6, 6.07) is 17.1. The molecule has 0 radical (unpaired) electrons. The molecule has 0 atom stereocenters. The Morgan fingerprint density at radius 3 is 1.77 bits per heavy atom. The largest absolute Gasteiger partial charge is 0.668 e. The highest BCUT2D eigenvalue weighted by Crippen LogP contribution is 2.22. The Bertz CT molecular complexity index is 1240. The first-order chi connectivity index (χ1) is 18.4. The van der Waals surface area contributed by atoms with E-state index in [2.05, 4.69) is 14.3 Å². The zero-order chi connectivity index (χ0) is 28.1. The molecule has 1 aliphatic rings. The van der Waals surface area contributed by atoms with E-state index in [0.29, 0.717) is 17.9 Å². The fourth-order valence-electron chi connectivity index (χ4n) is 3.69. The zero-order valence-electron chi connectivity index (χ0n) is 20.6. The van der Waals surface area contributed by atoms with Crippen LogP contribution < -0.4 is 14.7 Å². The van der Waals surface area contributed by atoms with Gasteiger partial charge in [0.2, 0.25) is 0 Å². The minimum Gasteiger partial charge on any atom is -0.386 e. The highest BCUT2D eigenvalue weighted by Gasteiger charge is 2.51. The fourth-order valence-corrected chi connectivity index (χ4v) is 6.88. The summed E-state index contributed by atoms with van der Waals surface area (Å²) < 4.78 is 16.2. The Kier molecular flexibility index (Phi) is 9.13. The summed E-state index contributed by atoms with van der Waals surface area (Å²) in [5.74, 6) is 0. The van der Waals surface area contributed by atoms with Gasteiger partial charge in [0.25, 0.3) is 0 Å². The topological polar surface area (TPSA) is 201 Å². The second-order valence-electron chi connectivity index (χ2n) is 8.66. The lowest BCUT2D eigenvalue weighted by molar-refractivity contribution is -0.688. The van der Waals surface area contributed by atoms with Crippen LogP contribution in [0.3, 0.4) is 0 Å². The van der Waals surface area contributed by atoms with E-state index in [4.69, 9.17) is 8.85 Å². The molecule has 0 saturated carbocycles. The molecule has 14 nitrogen and oxygen atoms in total. The van der Waals surface area contributed by atoms with Crippen molar-refractivity contribution in [3.8, 4) is 0 Å². The van der Waals surface area contributed by atoms with Gasteiger partial charge in [-0.25, -0.2) is 4.57 Å². The van der Waals surface area contributed by atoms with Gasteiger partial charge >= 0.3 is 26.9 Å². The van der Waals surface area contributed by atoms with Crippen LogP contribution in [0.5, 0.6) is 0 Å². The SMILES string of the molecule is O[Si]1(O)OCCN(c2ccc(N=Nc3cc[n+](Cc4ccc([Si](O)(O)O)cc4)cc3)cc2)CCO[Si](O)(O)O1. The standard InChI is InChI=1S/C22H29N4O10Si3/c27-37(28,29)22-7-1-18(2-8-22)17-25-11-9-20(10-12-25)24-23-19-3-5-21(6-4-19)26-13-15-34-38(30,31)36-39(32,33)35-16-14-26/h1-12,27-33H,13-17H2/q+1. The Labute approximate surface area is 226 Å². The van der Waals surface area contributed by atoms with Crippen LogP contribution in [0.15, 0.2) is 83.3 Å². The van der Waals surface area contributed by atoms with Crippen molar-refractivity contribution >= 4 is 49.1 Å². The van der Waals surface area contributed by atoms with Gasteiger partial charge in [-0.2, -0.15) is 10.2 Å². The summed E-state index contributed by atoms with van der Waals surface area (Å²) in [6.45, 7) is 0.863. The van der Waals surface area contributed by atoms with E-state index >= 15 is 0 Å². The van der Waals surface area contributed by atoms with Crippen LogP contribution in [0.4, 0.5) is 17.1 Å². The van der Waals surface area contributed by atoms with E-state index in [0.717, 1.165) is 11.3 Å². The maximum Gasteiger partial charge on any atom is 0.668 e. The van der Waals surface area contributed by atoms with Gasteiger partial charge in [-0.05, 0) is 24.3 Å². The summed E-state index contributed by atoms with van der Waals surface area (Å²) in [4.78, 5) is 68.7. The molecule has 1 aliphatic heterocycles. The number of benzene rings is 2. The number of azo groups is 1. The quantitative estimate of drug-likeness (QED) is 0.0973. The maximum absolute atomic E-state index is 9.71. The van der Waals surface area contributed by atoms with Crippen molar-refractivity contribution in [2.24, 2.45) is 10.2 Å². The number of nitrogens with zero attached hydrogens (tertiary/aromatic N) is 4. The van der Waals surface area contributed by atoms with Gasteiger partial charge in [-0.15, -0.1) is 0 Å². The van der Waals surface area contributed by atoms with Crippen LogP contribution in [-0.2, 0) is 19.5 Å². The highest BCUT2D eigenvalue weighted by molar-refractivity contribution is 6.71. The average molecular weight is 594 g/mol. The molecule has 2 heterocycles. The number of aromatic nitrogens is 1. The Hall–Kier alpha value is -2.76. The molecule has 1 aromatic heterocycles. The van der Waals surface area contributed by atoms with Crippen LogP contribution in [0.25, 0.3) is 0 Å². The second-order valence-corrected chi connectivity index (χ2v) is 14.1. The van der Waals surface area contributed by atoms with Gasteiger partial charge in [0.1, 0.15) is 0 Å². The molecule has 39 heavy (non-hydrogen) atoms. The predicted molar refractivity (Wildman–Crippen MR) is 140 cm³/mol. The molecule has 1 fully saturated rings. The first-order valence-electron chi connectivity index (χ1n) is 11.8. The van der Waals surface area contributed by atoms with E-state index in [9.17, 15) is 33.6 Å². The normalized spacial score (nSPS) is 18.3. The first kappa shape index (κ1) is 29.2. The molecular weight excluding hydrogens is 565 g/mol. The Morgan fingerprint density at radius 2 is 1.26 bits per heavy atom. The molecule has 17 heteroatoms.